The van der Waals surface area contributed by atoms with E-state index in [1.54, 1.807) is 0 Å². The Morgan fingerprint density at radius 1 is 1.44 bits per heavy atom. The van der Waals surface area contributed by atoms with E-state index in [-0.39, 0.29) is 5.56 Å². The third-order valence-corrected chi connectivity index (χ3v) is 4.33. The van der Waals surface area contributed by atoms with E-state index < -0.39 is 0 Å². The number of hydrogen-bond acceptors (Lipinski definition) is 2. The van der Waals surface area contributed by atoms with Crippen LogP contribution in [0, 0.1) is 10.5 Å². The predicted octanol–water partition coefficient (Wildman–Crippen LogP) is 3.67. The summed E-state index contributed by atoms with van der Waals surface area (Å²) in [5.74, 6) is 0.635. The van der Waals surface area contributed by atoms with Crippen molar-refractivity contribution in [3.63, 3.8) is 0 Å². The van der Waals surface area contributed by atoms with E-state index in [0.717, 1.165) is 27.7 Å². The van der Waals surface area contributed by atoms with Crippen molar-refractivity contribution in [3.05, 3.63) is 47.9 Å². The molecule has 0 saturated heterocycles. The van der Waals surface area contributed by atoms with Crippen LogP contribution in [0.1, 0.15) is 18.2 Å². The molecule has 0 amide bonds. The number of aromatic amines is 1. The van der Waals surface area contributed by atoms with E-state index in [2.05, 4.69) is 25.9 Å². The summed E-state index contributed by atoms with van der Waals surface area (Å²) in [5, 5.41) is 0. The highest BCUT2D eigenvalue weighted by Crippen LogP contribution is 2.24. The van der Waals surface area contributed by atoms with Crippen molar-refractivity contribution >= 4 is 38.5 Å². The number of nitrogens with zero attached hydrogens (tertiary/aromatic N) is 1. The van der Waals surface area contributed by atoms with Crippen LogP contribution in [0.5, 0.6) is 0 Å². The summed E-state index contributed by atoms with van der Waals surface area (Å²) >= 11 is 5.48. The van der Waals surface area contributed by atoms with Gasteiger partial charge in [0, 0.05) is 10.0 Å². The van der Waals surface area contributed by atoms with E-state index in [1.807, 2.05) is 54.6 Å². The van der Waals surface area contributed by atoms with E-state index >= 15 is 0 Å². The second kappa shape index (κ2) is 5.52. The van der Waals surface area contributed by atoms with Gasteiger partial charge in [-0.15, -0.1) is 0 Å². The monoisotopic (exact) mass is 418 g/mol. The maximum Gasteiger partial charge on any atom is 0.264 e. The fourth-order valence-electron chi connectivity index (χ4n) is 1.72. The lowest BCUT2D eigenvalue weighted by Gasteiger charge is -2.08. The maximum atomic E-state index is 11.9. The molecule has 1 heterocycles. The van der Waals surface area contributed by atoms with E-state index in [9.17, 15) is 4.79 Å². The first kappa shape index (κ1) is 13.7. The Balaban J connectivity index is 2.68. The topological polar surface area (TPSA) is 45.8 Å². The molecule has 18 heavy (non-hydrogen) atoms. The van der Waals surface area contributed by atoms with E-state index in [4.69, 9.17) is 0 Å². The summed E-state index contributed by atoms with van der Waals surface area (Å²) in [4.78, 5) is 19.3. The number of nitrogens with one attached hydrogen (secondary N) is 1. The molecule has 0 atom stereocenters. The zero-order valence-electron chi connectivity index (χ0n) is 10.1. The lowest BCUT2D eigenvalue weighted by molar-refractivity contribution is 0.967. The summed E-state index contributed by atoms with van der Waals surface area (Å²) in [6.07, 6.45) is 0.752. The average molecular weight is 419 g/mol. The Labute approximate surface area is 127 Å². The third-order valence-electron chi connectivity index (χ3n) is 2.72. The van der Waals surface area contributed by atoms with Crippen LogP contribution in [0.3, 0.4) is 0 Å². The van der Waals surface area contributed by atoms with Crippen molar-refractivity contribution in [2.75, 3.05) is 0 Å². The minimum absolute atomic E-state index is 0.0724. The van der Waals surface area contributed by atoms with Gasteiger partial charge in [-0.2, -0.15) is 0 Å². The lowest BCUT2D eigenvalue weighted by Crippen LogP contribution is -2.16. The van der Waals surface area contributed by atoms with Crippen LogP contribution >= 0.6 is 38.5 Å². The molecule has 0 aliphatic rings. The molecule has 0 aliphatic heterocycles. The number of halogens is 2. The lowest BCUT2D eigenvalue weighted by atomic mass is 10.1. The molecule has 0 radical (unpaired) electrons. The summed E-state index contributed by atoms with van der Waals surface area (Å²) in [6.45, 7) is 4.01. The Bertz CT molecular complexity index is 652. The summed E-state index contributed by atoms with van der Waals surface area (Å²) < 4.78 is 1.65. The van der Waals surface area contributed by atoms with Gasteiger partial charge in [0.05, 0.1) is 9.26 Å². The molecule has 1 aromatic heterocycles. The second-order valence-electron chi connectivity index (χ2n) is 3.99. The highest BCUT2D eigenvalue weighted by molar-refractivity contribution is 14.1. The van der Waals surface area contributed by atoms with Crippen LogP contribution in [0.2, 0.25) is 0 Å². The summed E-state index contributed by atoms with van der Waals surface area (Å²) in [7, 11) is 0. The van der Waals surface area contributed by atoms with Crippen LogP contribution in [-0.4, -0.2) is 9.97 Å². The molecular weight excluding hydrogens is 407 g/mol. The molecule has 0 fully saturated rings. The highest BCUT2D eigenvalue weighted by atomic mass is 127. The van der Waals surface area contributed by atoms with Crippen molar-refractivity contribution in [1.29, 1.82) is 0 Å². The van der Waals surface area contributed by atoms with Crippen LogP contribution in [0.4, 0.5) is 0 Å². The van der Waals surface area contributed by atoms with Crippen LogP contribution in [0.25, 0.3) is 11.4 Å². The van der Waals surface area contributed by atoms with Gasteiger partial charge < -0.3 is 4.98 Å². The second-order valence-corrected chi connectivity index (χ2v) is 5.98. The molecule has 0 spiro atoms. The summed E-state index contributed by atoms with van der Waals surface area (Å²) in [6, 6.07) is 5.95. The fraction of sp³-hybridized carbons (Fsp3) is 0.231. The SMILES string of the molecule is CCc1nc(-c2cc(Br)ccc2C)[nH]c(=O)c1I. The highest BCUT2D eigenvalue weighted by Gasteiger charge is 2.10. The van der Waals surface area contributed by atoms with Gasteiger partial charge in [-0.25, -0.2) is 4.98 Å². The minimum Gasteiger partial charge on any atom is -0.306 e. The van der Waals surface area contributed by atoms with E-state index in [1.165, 1.54) is 0 Å². The molecule has 2 rings (SSSR count). The van der Waals surface area contributed by atoms with Crippen molar-refractivity contribution in [2.24, 2.45) is 0 Å². The molecule has 0 aliphatic carbocycles. The number of aryl methyl sites for hydroxylation is 2. The average Bonchev–Trinajstić information content (AvgIpc) is 2.35. The third kappa shape index (κ3) is 2.66. The quantitative estimate of drug-likeness (QED) is 0.756. The molecule has 1 aromatic carbocycles. The first-order valence-electron chi connectivity index (χ1n) is 5.58. The smallest absolute Gasteiger partial charge is 0.264 e. The Hall–Kier alpha value is -0.690. The number of aromatic nitrogens is 2. The number of rotatable bonds is 2. The first-order chi connectivity index (χ1) is 8.52. The predicted molar refractivity (Wildman–Crippen MR) is 84.8 cm³/mol. The fourth-order valence-corrected chi connectivity index (χ4v) is 2.71. The zero-order chi connectivity index (χ0) is 13.3. The molecule has 0 unspecified atom stereocenters. The van der Waals surface area contributed by atoms with Gasteiger partial charge >= 0.3 is 0 Å². The van der Waals surface area contributed by atoms with E-state index in [0.29, 0.717) is 9.39 Å². The molecule has 1 N–H and O–H groups in total. The largest absolute Gasteiger partial charge is 0.306 e. The number of H-pyrrole nitrogens is 1. The van der Waals surface area contributed by atoms with Gasteiger partial charge in [-0.3, -0.25) is 4.79 Å². The molecule has 94 valence electrons. The Morgan fingerprint density at radius 2 is 2.17 bits per heavy atom. The van der Waals surface area contributed by atoms with Crippen molar-refractivity contribution in [3.8, 4) is 11.4 Å². The zero-order valence-corrected chi connectivity index (χ0v) is 13.8. The molecule has 0 bridgehead atoms. The maximum absolute atomic E-state index is 11.9. The van der Waals surface area contributed by atoms with Gasteiger partial charge in [0.2, 0.25) is 0 Å². The molecule has 5 heteroatoms. The number of hydrogen-bond donors (Lipinski definition) is 1. The molecule has 0 saturated carbocycles. The standard InChI is InChI=1S/C13H12BrIN2O/c1-3-10-11(15)13(18)17-12(16-10)9-6-8(14)5-4-7(9)2/h4-6H,3H2,1-2H3,(H,16,17,18). The summed E-state index contributed by atoms with van der Waals surface area (Å²) in [5.41, 5.74) is 2.81. The molecule has 2 aromatic rings. The Morgan fingerprint density at radius 3 is 2.83 bits per heavy atom. The van der Waals surface area contributed by atoms with Crippen molar-refractivity contribution in [2.45, 2.75) is 20.3 Å². The van der Waals surface area contributed by atoms with Gasteiger partial charge in [0.1, 0.15) is 5.82 Å². The van der Waals surface area contributed by atoms with Crippen LogP contribution in [0.15, 0.2) is 27.5 Å². The van der Waals surface area contributed by atoms with Gasteiger partial charge in [0.15, 0.2) is 0 Å². The van der Waals surface area contributed by atoms with Gasteiger partial charge in [0.25, 0.3) is 5.56 Å². The first-order valence-corrected chi connectivity index (χ1v) is 7.45. The van der Waals surface area contributed by atoms with Gasteiger partial charge in [-0.1, -0.05) is 28.9 Å². The molecular formula is C13H12BrIN2O. The minimum atomic E-state index is -0.0724. The molecule has 3 nitrogen and oxygen atoms in total. The van der Waals surface area contributed by atoms with Crippen LogP contribution < -0.4 is 5.56 Å². The normalized spacial score (nSPS) is 10.7. The van der Waals surface area contributed by atoms with Gasteiger partial charge in [-0.05, 0) is 53.6 Å². The number of benzene rings is 1. The van der Waals surface area contributed by atoms with Crippen molar-refractivity contribution < 1.29 is 0 Å². The van der Waals surface area contributed by atoms with Crippen molar-refractivity contribution in [1.82, 2.24) is 9.97 Å². The van der Waals surface area contributed by atoms with Crippen LogP contribution in [-0.2, 0) is 6.42 Å². The Kier molecular flexibility index (Phi) is 4.21.